The van der Waals surface area contributed by atoms with Crippen LogP contribution in [0.3, 0.4) is 0 Å². The first kappa shape index (κ1) is 18.4. The summed E-state index contributed by atoms with van der Waals surface area (Å²) in [5, 5.41) is 13.4. The molecule has 0 saturated heterocycles. The van der Waals surface area contributed by atoms with Gasteiger partial charge in [0.25, 0.3) is 0 Å². The number of nitrogens with zero attached hydrogens (tertiary/aromatic N) is 3. The van der Waals surface area contributed by atoms with Gasteiger partial charge in [0.05, 0.1) is 10.7 Å². The van der Waals surface area contributed by atoms with Crippen LogP contribution in [0, 0.1) is 0 Å². The quantitative estimate of drug-likeness (QED) is 0.577. The highest BCUT2D eigenvalue weighted by Gasteiger charge is 2.32. The van der Waals surface area contributed by atoms with Crippen molar-refractivity contribution in [2.45, 2.75) is 10.2 Å². The lowest BCUT2D eigenvalue weighted by Gasteiger charge is -2.13. The first-order valence-electron chi connectivity index (χ1n) is 6.03. The number of rotatable bonds is 4. The summed E-state index contributed by atoms with van der Waals surface area (Å²) in [6.45, 7) is -0.132. The van der Waals surface area contributed by atoms with E-state index >= 15 is 0 Å². The molecule has 1 heterocycles. The predicted molar refractivity (Wildman–Crippen MR) is 88.3 cm³/mol. The predicted octanol–water partition coefficient (Wildman–Crippen LogP) is 4.64. The summed E-state index contributed by atoms with van der Waals surface area (Å²) < 4.78 is 3.82. The van der Waals surface area contributed by atoms with Crippen molar-refractivity contribution < 1.29 is 14.6 Å². The van der Waals surface area contributed by atoms with Crippen LogP contribution >= 0.6 is 58.0 Å². The summed E-state index contributed by atoms with van der Waals surface area (Å²) >= 11 is 29.7. The van der Waals surface area contributed by atoms with Crippen molar-refractivity contribution in [3.05, 3.63) is 39.9 Å². The van der Waals surface area contributed by atoms with Crippen LogP contribution in [-0.2, 0) is 15.0 Å². The standard InChI is InChI=1S/C12H8Cl5N3O3/c13-6-1-2-8(7(14)5-6)20-10(12(15,16)17)18-9(19-20)3-4-23-11(21)22/h1-2,5H,3-4H2,(H,21,22). The van der Waals surface area contributed by atoms with Crippen LogP contribution in [0.1, 0.15) is 11.6 Å². The van der Waals surface area contributed by atoms with Gasteiger partial charge in [0.2, 0.25) is 3.79 Å². The van der Waals surface area contributed by atoms with E-state index in [4.69, 9.17) is 63.1 Å². The molecule has 0 saturated carbocycles. The van der Waals surface area contributed by atoms with Crippen LogP contribution in [0.2, 0.25) is 10.0 Å². The minimum absolute atomic E-state index is 0.0112. The Labute approximate surface area is 155 Å². The SMILES string of the molecule is O=C(O)OCCc1nc(C(Cl)(Cl)Cl)n(-c2ccc(Cl)cc2Cl)n1. The number of hydrogen-bond acceptors (Lipinski definition) is 4. The molecule has 2 rings (SSSR count). The van der Waals surface area contributed by atoms with E-state index in [1.54, 1.807) is 12.1 Å². The smallest absolute Gasteiger partial charge is 0.450 e. The highest BCUT2D eigenvalue weighted by Crippen LogP contribution is 2.39. The van der Waals surface area contributed by atoms with E-state index in [0.717, 1.165) is 0 Å². The van der Waals surface area contributed by atoms with Crippen molar-refractivity contribution in [1.29, 1.82) is 0 Å². The first-order chi connectivity index (χ1) is 10.7. The van der Waals surface area contributed by atoms with Crippen molar-refractivity contribution in [2.75, 3.05) is 6.61 Å². The summed E-state index contributed by atoms with van der Waals surface area (Å²) in [7, 11) is 0. The number of hydrogen-bond donors (Lipinski definition) is 1. The molecule has 2 aromatic rings. The summed E-state index contributed by atoms with van der Waals surface area (Å²) in [5.74, 6) is 0.246. The monoisotopic (exact) mass is 417 g/mol. The van der Waals surface area contributed by atoms with E-state index in [1.807, 2.05) is 0 Å². The third kappa shape index (κ3) is 4.78. The Kier molecular flexibility index (Phi) is 5.86. The Morgan fingerprint density at radius 1 is 1.30 bits per heavy atom. The van der Waals surface area contributed by atoms with Gasteiger partial charge < -0.3 is 9.84 Å². The van der Waals surface area contributed by atoms with Gasteiger partial charge in [-0.05, 0) is 18.2 Å². The average molecular weight is 419 g/mol. The van der Waals surface area contributed by atoms with Crippen molar-refractivity contribution in [3.63, 3.8) is 0 Å². The van der Waals surface area contributed by atoms with Crippen LogP contribution < -0.4 is 0 Å². The topological polar surface area (TPSA) is 77.2 Å². The maximum absolute atomic E-state index is 10.4. The minimum Gasteiger partial charge on any atom is -0.450 e. The molecular formula is C12H8Cl5N3O3. The molecule has 1 aromatic heterocycles. The second-order valence-corrected chi connectivity index (χ2v) is 7.35. The maximum Gasteiger partial charge on any atom is 0.505 e. The molecule has 11 heteroatoms. The molecule has 6 nitrogen and oxygen atoms in total. The number of halogens is 5. The number of ether oxygens (including phenoxy) is 1. The summed E-state index contributed by atoms with van der Waals surface area (Å²) in [4.78, 5) is 14.5. The molecule has 0 unspecified atom stereocenters. The highest BCUT2D eigenvalue weighted by molar-refractivity contribution is 6.66. The van der Waals surface area contributed by atoms with Gasteiger partial charge in [0, 0.05) is 11.4 Å². The molecule has 0 aliphatic carbocycles. The van der Waals surface area contributed by atoms with Crippen LogP contribution in [0.25, 0.3) is 5.69 Å². The van der Waals surface area contributed by atoms with E-state index in [9.17, 15) is 4.79 Å². The Morgan fingerprint density at radius 3 is 2.57 bits per heavy atom. The maximum atomic E-state index is 10.4. The van der Waals surface area contributed by atoms with E-state index in [0.29, 0.717) is 10.7 Å². The molecule has 0 aliphatic heterocycles. The van der Waals surface area contributed by atoms with E-state index in [1.165, 1.54) is 10.7 Å². The number of aromatic nitrogens is 3. The number of carbonyl (C=O) groups is 1. The minimum atomic E-state index is -1.86. The molecule has 1 aromatic carbocycles. The molecule has 0 aliphatic rings. The summed E-state index contributed by atoms with van der Waals surface area (Å²) in [6, 6.07) is 4.70. The zero-order valence-electron chi connectivity index (χ0n) is 11.1. The van der Waals surface area contributed by atoms with Gasteiger partial charge in [0.15, 0.2) is 11.6 Å². The molecule has 0 spiro atoms. The normalized spacial score (nSPS) is 11.5. The van der Waals surface area contributed by atoms with Crippen molar-refractivity contribution in [2.24, 2.45) is 0 Å². The molecule has 124 valence electrons. The van der Waals surface area contributed by atoms with Crippen LogP contribution in [0.4, 0.5) is 4.79 Å². The second kappa shape index (κ2) is 7.32. The van der Waals surface area contributed by atoms with E-state index < -0.39 is 9.95 Å². The van der Waals surface area contributed by atoms with Crippen molar-refractivity contribution >= 4 is 64.2 Å². The van der Waals surface area contributed by atoms with Gasteiger partial charge >= 0.3 is 6.16 Å². The molecule has 0 radical (unpaired) electrons. The fraction of sp³-hybridized carbons (Fsp3) is 0.250. The largest absolute Gasteiger partial charge is 0.505 e. The fourth-order valence-electron chi connectivity index (χ4n) is 1.69. The van der Waals surface area contributed by atoms with Crippen molar-refractivity contribution in [3.8, 4) is 5.69 Å². The molecule has 0 bridgehead atoms. The Hall–Kier alpha value is -0.920. The Morgan fingerprint density at radius 2 is 2.00 bits per heavy atom. The van der Waals surface area contributed by atoms with Gasteiger partial charge in [-0.15, -0.1) is 0 Å². The second-order valence-electron chi connectivity index (χ2n) is 4.22. The highest BCUT2D eigenvalue weighted by atomic mass is 35.6. The Balaban J connectivity index is 2.40. The average Bonchev–Trinajstić information content (AvgIpc) is 2.82. The summed E-state index contributed by atoms with van der Waals surface area (Å²) in [6.07, 6.45) is -1.29. The molecule has 1 N–H and O–H groups in total. The van der Waals surface area contributed by atoms with Crippen LogP contribution in [-0.4, -0.2) is 32.6 Å². The third-order valence-corrected chi connectivity index (χ3v) is 3.64. The van der Waals surface area contributed by atoms with Crippen LogP contribution in [0.5, 0.6) is 0 Å². The molecule has 0 amide bonds. The Bertz CT molecular complexity index is 729. The van der Waals surface area contributed by atoms with Gasteiger partial charge in [-0.2, -0.15) is 5.10 Å². The number of benzene rings is 1. The molecule has 0 fully saturated rings. The summed E-state index contributed by atoms with van der Waals surface area (Å²) in [5.41, 5.74) is 0.412. The molecule has 23 heavy (non-hydrogen) atoms. The van der Waals surface area contributed by atoms with Crippen LogP contribution in [0.15, 0.2) is 18.2 Å². The first-order valence-corrected chi connectivity index (χ1v) is 7.91. The molecule has 0 atom stereocenters. The van der Waals surface area contributed by atoms with Gasteiger partial charge in [-0.25, -0.2) is 14.5 Å². The van der Waals surface area contributed by atoms with Gasteiger partial charge in [-0.3, -0.25) is 0 Å². The lowest BCUT2D eigenvalue weighted by atomic mass is 10.3. The lowest BCUT2D eigenvalue weighted by Crippen LogP contribution is -2.12. The number of alkyl halides is 3. The van der Waals surface area contributed by atoms with Crippen molar-refractivity contribution in [1.82, 2.24) is 14.8 Å². The van der Waals surface area contributed by atoms with Gasteiger partial charge in [0.1, 0.15) is 6.61 Å². The fourth-order valence-corrected chi connectivity index (χ4v) is 2.55. The number of carboxylic acid groups (broad SMARTS) is 1. The zero-order valence-corrected chi connectivity index (χ0v) is 14.9. The van der Waals surface area contributed by atoms with E-state index in [2.05, 4.69) is 14.8 Å². The van der Waals surface area contributed by atoms with Gasteiger partial charge in [-0.1, -0.05) is 58.0 Å². The third-order valence-electron chi connectivity index (χ3n) is 2.59. The lowest BCUT2D eigenvalue weighted by molar-refractivity contribution is 0.0923. The zero-order chi connectivity index (χ0) is 17.2. The van der Waals surface area contributed by atoms with E-state index in [-0.39, 0.29) is 29.7 Å². The molecular weight excluding hydrogens is 411 g/mol.